The fraction of sp³-hybridized carbons (Fsp3) is 0.800. The first-order valence-corrected chi connectivity index (χ1v) is 4.49. The Morgan fingerprint density at radius 2 is 1.79 bits per heavy atom. The summed E-state index contributed by atoms with van der Waals surface area (Å²) in [6.07, 6.45) is 2.80. The molecule has 0 heterocycles. The van der Waals surface area contributed by atoms with E-state index in [9.17, 15) is 4.79 Å². The highest BCUT2D eigenvalue weighted by molar-refractivity contribution is 5.69. The lowest BCUT2D eigenvalue weighted by molar-refractivity contribution is -0.191. The first kappa shape index (κ1) is 15.3. The van der Waals surface area contributed by atoms with E-state index in [1.807, 2.05) is 0 Å². The van der Waals surface area contributed by atoms with Crippen molar-refractivity contribution < 1.29 is 19.1 Å². The van der Waals surface area contributed by atoms with Gasteiger partial charge in [-0.05, 0) is 11.8 Å². The predicted octanol–water partition coefficient (Wildman–Crippen LogP) is 1.79. The minimum absolute atomic E-state index is 0.105. The number of methoxy groups -OCH3 is 1. The van der Waals surface area contributed by atoms with Crippen molar-refractivity contribution in [2.24, 2.45) is 5.41 Å². The lowest BCUT2D eigenvalue weighted by Gasteiger charge is -2.21. The minimum Gasteiger partial charge on any atom is -0.469 e. The van der Waals surface area contributed by atoms with Gasteiger partial charge in [0.25, 0.3) is 0 Å². The van der Waals surface area contributed by atoms with Gasteiger partial charge in [0, 0.05) is 6.42 Å². The summed E-state index contributed by atoms with van der Waals surface area (Å²) >= 11 is 0. The average Bonchev–Trinajstić information content (AvgIpc) is 2.15. The lowest BCUT2D eigenvalue weighted by Crippen LogP contribution is -2.12. The van der Waals surface area contributed by atoms with Crippen LogP contribution >= 0.6 is 0 Å². The van der Waals surface area contributed by atoms with E-state index in [1.165, 1.54) is 7.11 Å². The molecular weight excluding hydrogens is 184 g/mol. The molecule has 0 aliphatic heterocycles. The van der Waals surface area contributed by atoms with Gasteiger partial charge < -0.3 is 4.74 Å². The van der Waals surface area contributed by atoms with Crippen molar-refractivity contribution in [3.8, 4) is 0 Å². The Hall–Kier alpha value is -1.15. The first-order chi connectivity index (χ1) is 6.43. The van der Waals surface area contributed by atoms with Crippen molar-refractivity contribution in [2.75, 3.05) is 7.11 Å². The van der Waals surface area contributed by atoms with E-state index in [4.69, 9.17) is 9.59 Å². The smallest absolute Gasteiger partial charge is 0.373 e. The highest BCUT2D eigenvalue weighted by atomic mass is 16.5. The zero-order valence-corrected chi connectivity index (χ0v) is 9.25. The Kier molecular flexibility index (Phi) is 9.25. The summed E-state index contributed by atoms with van der Waals surface area (Å²) in [5, 5.41) is 0. The highest BCUT2D eigenvalue weighted by Gasteiger charge is 2.16. The molecule has 4 nitrogen and oxygen atoms in total. The maximum atomic E-state index is 10.8. The summed E-state index contributed by atoms with van der Waals surface area (Å²) in [6.45, 7) is 6.46. The van der Waals surface area contributed by atoms with Gasteiger partial charge in [-0.25, -0.2) is 0 Å². The number of rotatable bonds is 4. The predicted molar refractivity (Wildman–Crippen MR) is 50.3 cm³/mol. The molecule has 0 unspecified atom stereocenters. The molecule has 0 aliphatic rings. The van der Waals surface area contributed by atoms with Gasteiger partial charge >= 0.3 is 12.1 Å². The molecular formula is C10H18O4. The van der Waals surface area contributed by atoms with Gasteiger partial charge in [0.1, 0.15) is 0 Å². The van der Waals surface area contributed by atoms with Gasteiger partial charge in [0.15, 0.2) is 0 Å². The molecule has 0 saturated carbocycles. The SMILES string of the molecule is CCC(C)(C)CCC(=O)OC.O=C=O. The van der Waals surface area contributed by atoms with Gasteiger partial charge in [-0.15, -0.1) is 0 Å². The molecule has 0 aromatic heterocycles. The van der Waals surface area contributed by atoms with Crippen LogP contribution in [0.4, 0.5) is 0 Å². The maximum absolute atomic E-state index is 10.8. The number of esters is 1. The van der Waals surface area contributed by atoms with Gasteiger partial charge in [-0.1, -0.05) is 27.2 Å². The Bertz CT molecular complexity index is 190. The molecule has 0 aromatic rings. The molecule has 0 saturated heterocycles. The topological polar surface area (TPSA) is 60.4 Å². The number of carbonyl (C=O) groups excluding carboxylic acids is 3. The Morgan fingerprint density at radius 1 is 1.36 bits per heavy atom. The summed E-state index contributed by atoms with van der Waals surface area (Å²) < 4.78 is 4.55. The van der Waals surface area contributed by atoms with Crippen LogP contribution in [0.3, 0.4) is 0 Å². The van der Waals surface area contributed by atoms with Crippen LogP contribution in [0.25, 0.3) is 0 Å². The highest BCUT2D eigenvalue weighted by Crippen LogP contribution is 2.25. The first-order valence-electron chi connectivity index (χ1n) is 4.49. The Labute approximate surface area is 84.6 Å². The van der Waals surface area contributed by atoms with E-state index in [1.54, 1.807) is 0 Å². The summed E-state index contributed by atoms with van der Waals surface area (Å²) in [5.41, 5.74) is 0.272. The third-order valence-electron chi connectivity index (χ3n) is 2.19. The van der Waals surface area contributed by atoms with E-state index in [2.05, 4.69) is 25.5 Å². The zero-order chi connectivity index (χ0) is 11.6. The van der Waals surface area contributed by atoms with Gasteiger partial charge in [0.2, 0.25) is 0 Å². The largest absolute Gasteiger partial charge is 0.469 e. The van der Waals surface area contributed by atoms with E-state index in [0.717, 1.165) is 12.8 Å². The van der Waals surface area contributed by atoms with Crippen molar-refractivity contribution in [3.05, 3.63) is 0 Å². The van der Waals surface area contributed by atoms with Crippen LogP contribution in [0.15, 0.2) is 0 Å². The maximum Gasteiger partial charge on any atom is 0.373 e. The molecule has 0 atom stereocenters. The zero-order valence-electron chi connectivity index (χ0n) is 9.25. The third kappa shape index (κ3) is 10.8. The number of hydrogen-bond donors (Lipinski definition) is 0. The molecule has 0 aliphatic carbocycles. The molecule has 0 radical (unpaired) electrons. The van der Waals surface area contributed by atoms with Crippen LogP contribution in [-0.4, -0.2) is 19.2 Å². The molecule has 82 valence electrons. The van der Waals surface area contributed by atoms with Gasteiger partial charge in [-0.3, -0.25) is 4.79 Å². The molecule has 0 fully saturated rings. The lowest BCUT2D eigenvalue weighted by atomic mass is 9.85. The Morgan fingerprint density at radius 3 is 2.07 bits per heavy atom. The van der Waals surface area contributed by atoms with Crippen LogP contribution in [0.5, 0.6) is 0 Å². The summed E-state index contributed by atoms with van der Waals surface area (Å²) in [6, 6.07) is 0. The molecule has 0 spiro atoms. The second-order valence-corrected chi connectivity index (χ2v) is 3.68. The minimum atomic E-state index is -0.105. The van der Waals surface area contributed by atoms with Crippen molar-refractivity contribution in [3.63, 3.8) is 0 Å². The van der Waals surface area contributed by atoms with Crippen LogP contribution in [0.1, 0.15) is 40.0 Å². The molecule has 0 rings (SSSR count). The summed E-state index contributed by atoms with van der Waals surface area (Å²) in [7, 11) is 1.43. The van der Waals surface area contributed by atoms with E-state index < -0.39 is 0 Å². The summed E-state index contributed by atoms with van der Waals surface area (Å²) in [5.74, 6) is -0.105. The number of ether oxygens (including phenoxy) is 1. The average molecular weight is 202 g/mol. The molecule has 0 amide bonds. The monoisotopic (exact) mass is 202 g/mol. The molecule has 0 bridgehead atoms. The molecule has 0 aromatic carbocycles. The third-order valence-corrected chi connectivity index (χ3v) is 2.19. The molecule has 0 N–H and O–H groups in total. The van der Waals surface area contributed by atoms with Gasteiger partial charge in [-0.2, -0.15) is 9.59 Å². The fourth-order valence-electron chi connectivity index (χ4n) is 0.719. The van der Waals surface area contributed by atoms with Crippen LogP contribution in [-0.2, 0) is 19.1 Å². The quantitative estimate of drug-likeness (QED) is 0.652. The number of carbonyl (C=O) groups is 1. The second-order valence-electron chi connectivity index (χ2n) is 3.68. The van der Waals surface area contributed by atoms with Crippen molar-refractivity contribution in [2.45, 2.75) is 40.0 Å². The van der Waals surface area contributed by atoms with Crippen LogP contribution in [0, 0.1) is 5.41 Å². The van der Waals surface area contributed by atoms with Gasteiger partial charge in [0.05, 0.1) is 7.11 Å². The van der Waals surface area contributed by atoms with Crippen LogP contribution < -0.4 is 0 Å². The van der Waals surface area contributed by atoms with Crippen molar-refractivity contribution in [1.82, 2.24) is 0 Å². The standard InChI is InChI=1S/C9H18O2.CO2/c1-5-9(2,3)7-6-8(10)11-4;2-1-3/h5-7H2,1-4H3;. The van der Waals surface area contributed by atoms with Crippen molar-refractivity contribution in [1.29, 1.82) is 0 Å². The van der Waals surface area contributed by atoms with Crippen LogP contribution in [0.2, 0.25) is 0 Å². The molecule has 4 heteroatoms. The second kappa shape index (κ2) is 8.45. The Balaban J connectivity index is 0. The number of hydrogen-bond acceptors (Lipinski definition) is 4. The normalized spacial score (nSPS) is 9.43. The van der Waals surface area contributed by atoms with E-state index in [-0.39, 0.29) is 17.5 Å². The summed E-state index contributed by atoms with van der Waals surface area (Å²) in [4.78, 5) is 27.0. The fourth-order valence-corrected chi connectivity index (χ4v) is 0.719. The van der Waals surface area contributed by atoms with E-state index in [0.29, 0.717) is 6.42 Å². The molecule has 14 heavy (non-hydrogen) atoms. The van der Waals surface area contributed by atoms with E-state index >= 15 is 0 Å². The van der Waals surface area contributed by atoms with Crippen molar-refractivity contribution >= 4 is 12.1 Å².